The highest BCUT2D eigenvalue weighted by atomic mass is 79.9. The van der Waals surface area contributed by atoms with Crippen molar-refractivity contribution in [3.05, 3.63) is 15.9 Å². The van der Waals surface area contributed by atoms with Gasteiger partial charge in [-0.25, -0.2) is 0 Å². The lowest BCUT2D eigenvalue weighted by Gasteiger charge is -2.37. The minimum absolute atomic E-state index is 0.510. The molecule has 18 heavy (non-hydrogen) atoms. The summed E-state index contributed by atoms with van der Waals surface area (Å²) in [5, 5.41) is 4.45. The molecule has 2 rings (SSSR count). The van der Waals surface area contributed by atoms with Crippen LogP contribution >= 0.6 is 15.9 Å². The van der Waals surface area contributed by atoms with E-state index in [1.54, 1.807) is 0 Å². The number of hydrogen-bond acceptors (Lipinski definition) is 3. The quantitative estimate of drug-likeness (QED) is 0.929. The van der Waals surface area contributed by atoms with E-state index in [2.05, 4.69) is 32.9 Å². The van der Waals surface area contributed by atoms with Crippen LogP contribution in [-0.4, -0.2) is 33.8 Å². The van der Waals surface area contributed by atoms with E-state index in [-0.39, 0.29) is 0 Å². The number of nitrogens with two attached hydrogens (primary N) is 1. The Morgan fingerprint density at radius 1 is 1.50 bits per heavy atom. The summed E-state index contributed by atoms with van der Waals surface area (Å²) in [5.74, 6) is 0.798. The molecule has 2 unspecified atom stereocenters. The molecule has 1 aromatic rings. The molecule has 0 saturated carbocycles. The molecule has 0 aliphatic carbocycles. The molecule has 0 radical (unpaired) electrons. The fraction of sp³-hybridized carbons (Fsp3) is 0.769. The number of nitrogens with zero attached hydrogens (tertiary/aromatic N) is 3. The highest BCUT2D eigenvalue weighted by molar-refractivity contribution is 9.10. The average molecular weight is 315 g/mol. The van der Waals surface area contributed by atoms with Crippen LogP contribution in [0.15, 0.2) is 4.47 Å². The Kier molecular flexibility index (Phi) is 4.45. The Balaban J connectivity index is 2.12. The molecule has 0 spiro atoms. The molecule has 5 heteroatoms. The molecule has 2 atom stereocenters. The molecular formula is C13H23BrN4. The molecule has 1 fully saturated rings. The van der Waals surface area contributed by atoms with Crippen LogP contribution in [0.2, 0.25) is 0 Å². The summed E-state index contributed by atoms with van der Waals surface area (Å²) in [7, 11) is 2.01. The zero-order valence-corrected chi connectivity index (χ0v) is 13.1. The SMILES string of the molecule is Cc1nn(C)c(CN2CCC(C)CC2CN)c1Br. The standard InChI is InChI=1S/C13H23BrN4/c1-9-4-5-18(11(6-9)7-15)8-12-13(14)10(2)16-17(12)3/h9,11H,4-8,15H2,1-3H3. The summed E-state index contributed by atoms with van der Waals surface area (Å²) < 4.78 is 3.12. The van der Waals surface area contributed by atoms with E-state index in [1.807, 2.05) is 18.7 Å². The van der Waals surface area contributed by atoms with Gasteiger partial charge in [0.1, 0.15) is 0 Å². The van der Waals surface area contributed by atoms with Gasteiger partial charge in [0.2, 0.25) is 0 Å². The smallest absolute Gasteiger partial charge is 0.0739 e. The zero-order chi connectivity index (χ0) is 13.3. The van der Waals surface area contributed by atoms with Gasteiger partial charge in [-0.05, 0) is 48.2 Å². The molecule has 1 aromatic heterocycles. The van der Waals surface area contributed by atoms with Crippen LogP contribution in [0.25, 0.3) is 0 Å². The maximum Gasteiger partial charge on any atom is 0.0739 e. The van der Waals surface area contributed by atoms with Gasteiger partial charge in [-0.1, -0.05) is 6.92 Å². The highest BCUT2D eigenvalue weighted by Gasteiger charge is 2.26. The first-order valence-corrected chi connectivity index (χ1v) is 7.44. The summed E-state index contributed by atoms with van der Waals surface area (Å²) in [4.78, 5) is 2.50. The van der Waals surface area contributed by atoms with Gasteiger partial charge in [0.05, 0.1) is 15.9 Å². The molecule has 1 saturated heterocycles. The lowest BCUT2D eigenvalue weighted by Crippen LogP contribution is -2.45. The number of rotatable bonds is 3. The zero-order valence-electron chi connectivity index (χ0n) is 11.5. The molecule has 1 aliphatic rings. The second-order valence-corrected chi connectivity index (χ2v) is 6.25. The molecule has 4 nitrogen and oxygen atoms in total. The predicted octanol–water partition coefficient (Wildman–Crippen LogP) is 2.05. The Morgan fingerprint density at radius 2 is 2.22 bits per heavy atom. The Morgan fingerprint density at radius 3 is 2.78 bits per heavy atom. The summed E-state index contributed by atoms with van der Waals surface area (Å²) in [6.45, 7) is 7.18. The summed E-state index contributed by atoms with van der Waals surface area (Å²) >= 11 is 3.64. The van der Waals surface area contributed by atoms with Crippen molar-refractivity contribution >= 4 is 15.9 Å². The maximum atomic E-state index is 5.92. The third-order valence-electron chi connectivity index (χ3n) is 3.99. The number of likely N-dealkylation sites (tertiary alicyclic amines) is 1. The fourth-order valence-corrected chi connectivity index (χ4v) is 3.26. The second kappa shape index (κ2) is 5.72. The molecular weight excluding hydrogens is 292 g/mol. The van der Waals surface area contributed by atoms with Gasteiger partial charge in [-0.2, -0.15) is 5.10 Å². The van der Waals surface area contributed by atoms with E-state index < -0.39 is 0 Å². The van der Waals surface area contributed by atoms with Gasteiger partial charge in [-0.15, -0.1) is 0 Å². The van der Waals surface area contributed by atoms with Crippen molar-refractivity contribution in [1.82, 2.24) is 14.7 Å². The number of halogens is 1. The maximum absolute atomic E-state index is 5.92. The van der Waals surface area contributed by atoms with E-state index in [1.165, 1.54) is 18.5 Å². The second-order valence-electron chi connectivity index (χ2n) is 5.46. The Labute approximate surface area is 118 Å². The van der Waals surface area contributed by atoms with Crippen molar-refractivity contribution < 1.29 is 0 Å². The largest absolute Gasteiger partial charge is 0.329 e. The van der Waals surface area contributed by atoms with E-state index in [4.69, 9.17) is 5.73 Å². The summed E-state index contributed by atoms with van der Waals surface area (Å²) in [6.07, 6.45) is 2.48. The van der Waals surface area contributed by atoms with Crippen LogP contribution in [0.3, 0.4) is 0 Å². The minimum atomic E-state index is 0.510. The van der Waals surface area contributed by atoms with Crippen molar-refractivity contribution in [2.45, 2.75) is 39.3 Å². The fourth-order valence-electron chi connectivity index (χ4n) is 2.80. The first kappa shape index (κ1) is 14.0. The normalized spacial score (nSPS) is 25.6. The summed E-state index contributed by atoms with van der Waals surface area (Å²) in [6, 6.07) is 0.510. The molecule has 1 aliphatic heterocycles. The van der Waals surface area contributed by atoms with E-state index >= 15 is 0 Å². The van der Waals surface area contributed by atoms with Crippen LogP contribution in [0.5, 0.6) is 0 Å². The van der Waals surface area contributed by atoms with Crippen LogP contribution in [0, 0.1) is 12.8 Å². The van der Waals surface area contributed by atoms with E-state index in [0.717, 1.165) is 35.7 Å². The molecule has 2 heterocycles. The van der Waals surface area contributed by atoms with Crippen LogP contribution in [0.4, 0.5) is 0 Å². The van der Waals surface area contributed by atoms with Gasteiger partial charge < -0.3 is 5.73 Å². The van der Waals surface area contributed by atoms with Gasteiger partial charge in [0.25, 0.3) is 0 Å². The first-order chi connectivity index (χ1) is 8.52. The molecule has 0 aromatic carbocycles. The van der Waals surface area contributed by atoms with Crippen LogP contribution in [0.1, 0.15) is 31.2 Å². The van der Waals surface area contributed by atoms with Crippen molar-refractivity contribution in [1.29, 1.82) is 0 Å². The molecule has 0 bridgehead atoms. The monoisotopic (exact) mass is 314 g/mol. The topological polar surface area (TPSA) is 47.1 Å². The van der Waals surface area contributed by atoms with Gasteiger partial charge >= 0.3 is 0 Å². The number of aromatic nitrogens is 2. The van der Waals surface area contributed by atoms with Gasteiger partial charge in [0, 0.05) is 26.2 Å². The van der Waals surface area contributed by atoms with Crippen molar-refractivity contribution in [3.63, 3.8) is 0 Å². The third kappa shape index (κ3) is 2.78. The van der Waals surface area contributed by atoms with Crippen molar-refractivity contribution in [2.75, 3.05) is 13.1 Å². The molecule has 102 valence electrons. The lowest BCUT2D eigenvalue weighted by molar-refractivity contribution is 0.112. The van der Waals surface area contributed by atoms with Gasteiger partial charge in [-0.3, -0.25) is 9.58 Å². The van der Waals surface area contributed by atoms with Crippen LogP contribution < -0.4 is 5.73 Å². The highest BCUT2D eigenvalue weighted by Crippen LogP contribution is 2.27. The Hall–Kier alpha value is -0.390. The minimum Gasteiger partial charge on any atom is -0.329 e. The lowest BCUT2D eigenvalue weighted by atomic mass is 9.92. The van der Waals surface area contributed by atoms with Crippen molar-refractivity contribution in [3.8, 4) is 0 Å². The average Bonchev–Trinajstić information content (AvgIpc) is 2.58. The third-order valence-corrected chi connectivity index (χ3v) is 5.02. The first-order valence-electron chi connectivity index (χ1n) is 6.65. The van der Waals surface area contributed by atoms with E-state index in [9.17, 15) is 0 Å². The predicted molar refractivity (Wildman–Crippen MR) is 77.3 cm³/mol. The number of hydrogen-bond donors (Lipinski definition) is 1. The van der Waals surface area contributed by atoms with Gasteiger partial charge in [0.15, 0.2) is 0 Å². The van der Waals surface area contributed by atoms with E-state index in [0.29, 0.717) is 6.04 Å². The number of aryl methyl sites for hydroxylation is 2. The molecule has 0 amide bonds. The summed E-state index contributed by atoms with van der Waals surface area (Å²) in [5.41, 5.74) is 8.22. The van der Waals surface area contributed by atoms with Crippen LogP contribution in [-0.2, 0) is 13.6 Å². The number of piperidine rings is 1. The Bertz CT molecular complexity index is 415. The van der Waals surface area contributed by atoms with Crippen molar-refractivity contribution in [2.24, 2.45) is 18.7 Å². The molecule has 2 N–H and O–H groups in total.